The average Bonchev–Trinajstić information content (AvgIpc) is 1.33. The van der Waals surface area contributed by atoms with Crippen molar-refractivity contribution in [2.75, 3.05) is 13.1 Å². The highest BCUT2D eigenvalue weighted by molar-refractivity contribution is 5.85. The van der Waals surface area contributed by atoms with Gasteiger partial charge in [0.15, 0.2) is 0 Å². The van der Waals surface area contributed by atoms with Gasteiger partial charge < -0.3 is 5.21 Å². The van der Waals surface area contributed by atoms with Crippen LogP contribution in [0.25, 0.3) is 0 Å². The predicted molar refractivity (Wildman–Crippen MR) is 29.8 cm³/mol. The molecule has 1 aliphatic heterocycles. The van der Waals surface area contributed by atoms with E-state index in [-0.39, 0.29) is 12.4 Å². The first-order valence-corrected chi connectivity index (χ1v) is 2.23. The SMILES string of the molecule is CC1CN(O)C1.Cl. The summed E-state index contributed by atoms with van der Waals surface area (Å²) in [7, 11) is 0. The van der Waals surface area contributed by atoms with E-state index in [2.05, 4.69) is 6.92 Å². The van der Waals surface area contributed by atoms with E-state index in [1.54, 1.807) is 0 Å². The molecular formula is C4H10ClNO. The van der Waals surface area contributed by atoms with Gasteiger partial charge in [0.2, 0.25) is 0 Å². The van der Waals surface area contributed by atoms with E-state index in [0.717, 1.165) is 19.0 Å². The van der Waals surface area contributed by atoms with Crippen molar-refractivity contribution in [2.45, 2.75) is 6.92 Å². The molecule has 1 fully saturated rings. The summed E-state index contributed by atoms with van der Waals surface area (Å²) in [5.74, 6) is 0.718. The number of hydroxylamine groups is 2. The van der Waals surface area contributed by atoms with Crippen LogP contribution in [-0.4, -0.2) is 23.4 Å². The van der Waals surface area contributed by atoms with Crippen molar-refractivity contribution in [1.29, 1.82) is 0 Å². The molecular weight excluding hydrogens is 114 g/mol. The van der Waals surface area contributed by atoms with Crippen LogP contribution in [0.2, 0.25) is 0 Å². The minimum atomic E-state index is 0. The third-order valence-corrected chi connectivity index (χ3v) is 1.04. The van der Waals surface area contributed by atoms with Gasteiger partial charge in [0.1, 0.15) is 0 Å². The molecule has 1 saturated heterocycles. The van der Waals surface area contributed by atoms with Gasteiger partial charge in [0.05, 0.1) is 0 Å². The Kier molecular flexibility index (Phi) is 2.58. The Labute approximate surface area is 49.5 Å². The van der Waals surface area contributed by atoms with Crippen molar-refractivity contribution in [3.8, 4) is 0 Å². The zero-order chi connectivity index (χ0) is 4.57. The number of hydrogen-bond acceptors (Lipinski definition) is 2. The van der Waals surface area contributed by atoms with Gasteiger partial charge in [-0.25, -0.2) is 0 Å². The Morgan fingerprint density at radius 1 is 1.57 bits per heavy atom. The maximum atomic E-state index is 8.45. The summed E-state index contributed by atoms with van der Waals surface area (Å²) in [5, 5.41) is 9.78. The van der Waals surface area contributed by atoms with E-state index in [9.17, 15) is 0 Å². The van der Waals surface area contributed by atoms with Gasteiger partial charge in [-0.2, -0.15) is 5.06 Å². The highest BCUT2D eigenvalue weighted by Crippen LogP contribution is 2.09. The van der Waals surface area contributed by atoms with E-state index in [0.29, 0.717) is 0 Å². The fourth-order valence-corrected chi connectivity index (χ4v) is 0.666. The summed E-state index contributed by atoms with van der Waals surface area (Å²) < 4.78 is 0. The smallest absolute Gasteiger partial charge is 0.0277 e. The molecule has 44 valence electrons. The molecule has 0 spiro atoms. The van der Waals surface area contributed by atoms with Crippen LogP contribution in [0, 0.1) is 5.92 Å². The van der Waals surface area contributed by atoms with E-state index in [1.165, 1.54) is 5.06 Å². The quantitative estimate of drug-likeness (QED) is 0.514. The fourth-order valence-electron chi connectivity index (χ4n) is 0.666. The summed E-state index contributed by atoms with van der Waals surface area (Å²) in [4.78, 5) is 0. The predicted octanol–water partition coefficient (Wildman–Crippen LogP) is 0.749. The molecule has 1 aliphatic rings. The standard InChI is InChI=1S/C4H9NO.ClH/c1-4-2-5(6)3-4;/h4,6H,2-3H2,1H3;1H. The molecule has 0 aromatic heterocycles. The van der Waals surface area contributed by atoms with Gasteiger partial charge in [-0.1, -0.05) is 6.92 Å². The van der Waals surface area contributed by atoms with Crippen molar-refractivity contribution in [3.05, 3.63) is 0 Å². The first kappa shape index (κ1) is 7.21. The highest BCUT2D eigenvalue weighted by atomic mass is 35.5. The zero-order valence-electron chi connectivity index (χ0n) is 4.29. The van der Waals surface area contributed by atoms with Gasteiger partial charge in [-0.15, -0.1) is 12.4 Å². The largest absolute Gasteiger partial charge is 0.314 e. The van der Waals surface area contributed by atoms with Gasteiger partial charge >= 0.3 is 0 Å². The number of halogens is 1. The molecule has 1 heterocycles. The van der Waals surface area contributed by atoms with Gasteiger partial charge in [-0.3, -0.25) is 0 Å². The molecule has 0 radical (unpaired) electrons. The molecule has 0 aromatic rings. The van der Waals surface area contributed by atoms with E-state index in [1.807, 2.05) is 0 Å². The summed E-state index contributed by atoms with van der Waals surface area (Å²) in [6, 6.07) is 0. The van der Waals surface area contributed by atoms with Crippen LogP contribution in [0.5, 0.6) is 0 Å². The Balaban J connectivity index is 0.000000360. The third-order valence-electron chi connectivity index (χ3n) is 1.04. The molecule has 1 rings (SSSR count). The first-order chi connectivity index (χ1) is 2.79. The fraction of sp³-hybridized carbons (Fsp3) is 1.00. The Bertz CT molecular complexity index is 47.7. The topological polar surface area (TPSA) is 23.5 Å². The maximum Gasteiger partial charge on any atom is 0.0277 e. The number of hydrogen-bond donors (Lipinski definition) is 1. The van der Waals surface area contributed by atoms with Crippen LogP contribution >= 0.6 is 12.4 Å². The van der Waals surface area contributed by atoms with Crippen LogP contribution in [0.3, 0.4) is 0 Å². The maximum absolute atomic E-state index is 8.45. The summed E-state index contributed by atoms with van der Waals surface area (Å²) in [5.41, 5.74) is 0. The average molecular weight is 124 g/mol. The van der Waals surface area contributed by atoms with Crippen LogP contribution in [-0.2, 0) is 0 Å². The van der Waals surface area contributed by atoms with Crippen LogP contribution in [0.15, 0.2) is 0 Å². The van der Waals surface area contributed by atoms with Crippen LogP contribution in [0.1, 0.15) is 6.92 Å². The van der Waals surface area contributed by atoms with Crippen molar-refractivity contribution in [3.63, 3.8) is 0 Å². The van der Waals surface area contributed by atoms with Gasteiger partial charge in [0.25, 0.3) is 0 Å². The molecule has 0 aliphatic carbocycles. The molecule has 0 aromatic carbocycles. The zero-order valence-corrected chi connectivity index (χ0v) is 5.11. The molecule has 0 atom stereocenters. The van der Waals surface area contributed by atoms with Crippen molar-refractivity contribution in [1.82, 2.24) is 5.06 Å². The number of rotatable bonds is 0. The Morgan fingerprint density at radius 3 is 2.00 bits per heavy atom. The van der Waals surface area contributed by atoms with E-state index in [4.69, 9.17) is 5.21 Å². The summed E-state index contributed by atoms with van der Waals surface area (Å²) in [6.45, 7) is 3.84. The second-order valence-electron chi connectivity index (χ2n) is 1.98. The van der Waals surface area contributed by atoms with Crippen molar-refractivity contribution in [2.24, 2.45) is 5.92 Å². The first-order valence-electron chi connectivity index (χ1n) is 2.23. The van der Waals surface area contributed by atoms with Crippen molar-refractivity contribution >= 4 is 12.4 Å². The lowest BCUT2D eigenvalue weighted by Crippen LogP contribution is -2.42. The minimum Gasteiger partial charge on any atom is -0.314 e. The number of nitrogens with zero attached hydrogens (tertiary/aromatic N) is 1. The van der Waals surface area contributed by atoms with Gasteiger partial charge in [0, 0.05) is 13.1 Å². The second kappa shape index (κ2) is 2.50. The molecule has 7 heavy (non-hydrogen) atoms. The molecule has 2 nitrogen and oxygen atoms in total. The second-order valence-corrected chi connectivity index (χ2v) is 1.98. The summed E-state index contributed by atoms with van der Waals surface area (Å²) >= 11 is 0. The molecule has 3 heteroatoms. The van der Waals surface area contributed by atoms with Crippen LogP contribution in [0.4, 0.5) is 0 Å². The Morgan fingerprint density at radius 2 is 2.00 bits per heavy atom. The summed E-state index contributed by atoms with van der Waals surface area (Å²) in [6.07, 6.45) is 0. The molecule has 0 bridgehead atoms. The van der Waals surface area contributed by atoms with E-state index < -0.39 is 0 Å². The monoisotopic (exact) mass is 123 g/mol. The lowest BCUT2D eigenvalue weighted by atomic mass is 10.1. The van der Waals surface area contributed by atoms with Crippen LogP contribution < -0.4 is 0 Å². The van der Waals surface area contributed by atoms with Crippen molar-refractivity contribution < 1.29 is 5.21 Å². The lowest BCUT2D eigenvalue weighted by Gasteiger charge is -2.30. The third kappa shape index (κ3) is 1.63. The lowest BCUT2D eigenvalue weighted by molar-refractivity contribution is -0.163. The Hall–Kier alpha value is 0.210. The normalized spacial score (nSPS) is 23.1. The van der Waals surface area contributed by atoms with E-state index >= 15 is 0 Å². The molecule has 1 N–H and O–H groups in total. The molecule has 0 unspecified atom stereocenters. The molecule has 0 amide bonds. The molecule has 0 saturated carbocycles. The van der Waals surface area contributed by atoms with Gasteiger partial charge in [-0.05, 0) is 5.92 Å². The highest BCUT2D eigenvalue weighted by Gasteiger charge is 2.19. The minimum absolute atomic E-state index is 0.